The Labute approximate surface area is 83.6 Å². The second-order valence-corrected chi connectivity index (χ2v) is 3.85. The van der Waals surface area contributed by atoms with Crippen LogP contribution in [0, 0.1) is 5.92 Å². The Kier molecular flexibility index (Phi) is 4.34. The van der Waals surface area contributed by atoms with Crippen molar-refractivity contribution in [3.63, 3.8) is 0 Å². The summed E-state index contributed by atoms with van der Waals surface area (Å²) in [6, 6.07) is 0. The number of carbonyl (C=O) groups excluding carboxylic acids is 1. The lowest BCUT2D eigenvalue weighted by molar-refractivity contribution is -0.154. The lowest BCUT2D eigenvalue weighted by atomic mass is 9.95. The highest BCUT2D eigenvalue weighted by Gasteiger charge is 2.25. The maximum absolute atomic E-state index is 11.1. The Morgan fingerprint density at radius 2 is 1.79 bits per heavy atom. The van der Waals surface area contributed by atoms with Gasteiger partial charge in [-0.2, -0.15) is 0 Å². The molecule has 80 valence electrons. The molecular formula is C10H16O4. The van der Waals surface area contributed by atoms with Gasteiger partial charge in [0.1, 0.15) is 5.60 Å². The molecule has 0 spiro atoms. The van der Waals surface area contributed by atoms with Crippen LogP contribution in [0.1, 0.15) is 27.7 Å². The van der Waals surface area contributed by atoms with Crippen molar-refractivity contribution in [1.82, 2.24) is 0 Å². The zero-order valence-electron chi connectivity index (χ0n) is 8.90. The second-order valence-electron chi connectivity index (χ2n) is 3.85. The first-order valence-electron chi connectivity index (χ1n) is 4.39. The monoisotopic (exact) mass is 200 g/mol. The predicted molar refractivity (Wildman–Crippen MR) is 51.8 cm³/mol. The van der Waals surface area contributed by atoms with Crippen LogP contribution < -0.4 is 0 Å². The van der Waals surface area contributed by atoms with E-state index in [-0.39, 0.29) is 5.92 Å². The molecule has 0 bridgehead atoms. The van der Waals surface area contributed by atoms with E-state index < -0.39 is 17.5 Å². The molecule has 0 saturated carbocycles. The van der Waals surface area contributed by atoms with Gasteiger partial charge in [0.05, 0.1) is 0 Å². The van der Waals surface area contributed by atoms with Gasteiger partial charge in [-0.15, -0.1) is 0 Å². The summed E-state index contributed by atoms with van der Waals surface area (Å²) in [4.78, 5) is 21.2. The normalized spacial score (nSPS) is 12.1. The first kappa shape index (κ1) is 12.7. The summed E-state index contributed by atoms with van der Waals surface area (Å²) < 4.78 is 5.06. The van der Waals surface area contributed by atoms with Crippen LogP contribution in [0.15, 0.2) is 12.2 Å². The lowest BCUT2D eigenvalue weighted by Gasteiger charge is -2.28. The van der Waals surface area contributed by atoms with Crippen LogP contribution in [0.25, 0.3) is 0 Å². The topological polar surface area (TPSA) is 63.6 Å². The van der Waals surface area contributed by atoms with Gasteiger partial charge in [0, 0.05) is 12.2 Å². The number of ether oxygens (including phenoxy) is 1. The molecule has 0 rings (SSSR count). The summed E-state index contributed by atoms with van der Waals surface area (Å²) in [6.07, 6.45) is 1.67. The third kappa shape index (κ3) is 4.64. The fraction of sp³-hybridized carbons (Fsp3) is 0.600. The number of carboxylic acids is 1. The zero-order valence-corrected chi connectivity index (χ0v) is 8.90. The molecule has 1 N–H and O–H groups in total. The summed E-state index contributed by atoms with van der Waals surface area (Å²) in [5, 5.41) is 8.28. The Bertz CT molecular complexity index is 251. The van der Waals surface area contributed by atoms with E-state index in [2.05, 4.69) is 0 Å². The van der Waals surface area contributed by atoms with E-state index in [0.717, 1.165) is 12.2 Å². The lowest BCUT2D eigenvalue weighted by Crippen LogP contribution is -2.33. The Balaban J connectivity index is 4.26. The Morgan fingerprint density at radius 1 is 1.29 bits per heavy atom. The number of carbonyl (C=O) groups is 2. The predicted octanol–water partition coefficient (Wildman–Crippen LogP) is 1.60. The summed E-state index contributed by atoms with van der Waals surface area (Å²) in [7, 11) is 0. The van der Waals surface area contributed by atoms with E-state index in [1.165, 1.54) is 0 Å². The van der Waals surface area contributed by atoms with E-state index in [9.17, 15) is 9.59 Å². The summed E-state index contributed by atoms with van der Waals surface area (Å²) in [5.74, 6) is -1.62. The highest BCUT2D eigenvalue weighted by molar-refractivity contribution is 5.90. The van der Waals surface area contributed by atoms with E-state index >= 15 is 0 Å². The number of hydrogen-bond donors (Lipinski definition) is 1. The van der Waals surface area contributed by atoms with Crippen molar-refractivity contribution in [1.29, 1.82) is 0 Å². The van der Waals surface area contributed by atoms with Gasteiger partial charge >= 0.3 is 11.9 Å². The molecule has 14 heavy (non-hydrogen) atoms. The zero-order chi connectivity index (χ0) is 11.4. The van der Waals surface area contributed by atoms with Crippen molar-refractivity contribution in [3.05, 3.63) is 12.2 Å². The highest BCUT2D eigenvalue weighted by Crippen LogP contribution is 2.20. The van der Waals surface area contributed by atoms with E-state index in [1.807, 2.05) is 13.8 Å². The first-order chi connectivity index (χ1) is 6.25. The molecule has 0 unspecified atom stereocenters. The maximum Gasteiger partial charge on any atom is 0.331 e. The minimum Gasteiger partial charge on any atom is -0.478 e. The standard InChI is InChI=1S/C10H16O4/c1-7(2)10(3,4)14-9(13)6-5-8(11)12/h5-7H,1-4H3,(H,11,12)/b6-5-. The molecule has 0 aliphatic rings. The van der Waals surface area contributed by atoms with Gasteiger partial charge in [0.15, 0.2) is 0 Å². The maximum atomic E-state index is 11.1. The van der Waals surface area contributed by atoms with Crippen LogP contribution in [0.2, 0.25) is 0 Å². The van der Waals surface area contributed by atoms with Crippen molar-refractivity contribution < 1.29 is 19.4 Å². The molecule has 0 aromatic carbocycles. The molecule has 4 nitrogen and oxygen atoms in total. The number of aliphatic carboxylic acids is 1. The molecule has 0 amide bonds. The molecule has 0 aromatic heterocycles. The molecule has 0 atom stereocenters. The van der Waals surface area contributed by atoms with Gasteiger partial charge in [0.2, 0.25) is 0 Å². The largest absolute Gasteiger partial charge is 0.478 e. The minimum atomic E-state index is -1.16. The van der Waals surface area contributed by atoms with E-state index in [0.29, 0.717) is 0 Å². The number of esters is 1. The molecule has 0 aliphatic carbocycles. The van der Waals surface area contributed by atoms with Crippen molar-refractivity contribution in [2.45, 2.75) is 33.3 Å². The molecule has 0 heterocycles. The average molecular weight is 200 g/mol. The number of rotatable bonds is 4. The van der Waals surface area contributed by atoms with Crippen LogP contribution in [0.3, 0.4) is 0 Å². The minimum absolute atomic E-state index is 0.171. The van der Waals surface area contributed by atoms with Gasteiger partial charge in [-0.1, -0.05) is 13.8 Å². The average Bonchev–Trinajstić information content (AvgIpc) is 1.99. The third-order valence-electron chi connectivity index (χ3n) is 2.12. The van der Waals surface area contributed by atoms with Gasteiger partial charge in [-0.05, 0) is 19.8 Å². The van der Waals surface area contributed by atoms with Gasteiger partial charge < -0.3 is 9.84 Å². The smallest absolute Gasteiger partial charge is 0.331 e. The number of carboxylic acid groups (broad SMARTS) is 1. The summed E-state index contributed by atoms with van der Waals surface area (Å²) >= 11 is 0. The summed E-state index contributed by atoms with van der Waals surface area (Å²) in [5.41, 5.74) is -0.583. The fourth-order valence-electron chi connectivity index (χ4n) is 0.550. The molecule has 0 aliphatic heterocycles. The second kappa shape index (κ2) is 4.79. The van der Waals surface area contributed by atoms with E-state index in [1.54, 1.807) is 13.8 Å². The Morgan fingerprint density at radius 3 is 2.14 bits per heavy atom. The quantitative estimate of drug-likeness (QED) is 0.553. The van der Waals surface area contributed by atoms with Crippen molar-refractivity contribution in [3.8, 4) is 0 Å². The van der Waals surface area contributed by atoms with Crippen LogP contribution in [-0.4, -0.2) is 22.6 Å². The molecular weight excluding hydrogens is 184 g/mol. The number of hydrogen-bond acceptors (Lipinski definition) is 3. The molecule has 4 heteroatoms. The third-order valence-corrected chi connectivity index (χ3v) is 2.12. The van der Waals surface area contributed by atoms with Gasteiger partial charge in [-0.3, -0.25) is 0 Å². The summed E-state index contributed by atoms with van der Waals surface area (Å²) in [6.45, 7) is 7.41. The fourth-order valence-corrected chi connectivity index (χ4v) is 0.550. The Hall–Kier alpha value is -1.32. The SMILES string of the molecule is CC(C)C(C)(C)OC(=O)/C=C\C(=O)O. The van der Waals surface area contributed by atoms with Crippen molar-refractivity contribution in [2.75, 3.05) is 0 Å². The van der Waals surface area contributed by atoms with Crippen LogP contribution in [0.5, 0.6) is 0 Å². The van der Waals surface area contributed by atoms with E-state index in [4.69, 9.17) is 9.84 Å². The molecule has 0 radical (unpaired) electrons. The molecule has 0 saturated heterocycles. The van der Waals surface area contributed by atoms with Crippen molar-refractivity contribution >= 4 is 11.9 Å². The van der Waals surface area contributed by atoms with Crippen LogP contribution in [-0.2, 0) is 14.3 Å². The van der Waals surface area contributed by atoms with Crippen LogP contribution in [0.4, 0.5) is 0 Å². The molecule has 0 aromatic rings. The highest BCUT2D eigenvalue weighted by atomic mass is 16.6. The molecule has 0 fully saturated rings. The van der Waals surface area contributed by atoms with Crippen LogP contribution >= 0.6 is 0 Å². The first-order valence-corrected chi connectivity index (χ1v) is 4.39. The van der Waals surface area contributed by atoms with Gasteiger partial charge in [0.25, 0.3) is 0 Å². The van der Waals surface area contributed by atoms with Crippen molar-refractivity contribution in [2.24, 2.45) is 5.92 Å². The van der Waals surface area contributed by atoms with Gasteiger partial charge in [-0.25, -0.2) is 9.59 Å².